The molecule has 1 aromatic carbocycles. The predicted molar refractivity (Wildman–Crippen MR) is 59.0 cm³/mol. The van der Waals surface area contributed by atoms with Gasteiger partial charge in [-0.15, -0.1) is 0 Å². The van der Waals surface area contributed by atoms with Gasteiger partial charge in [0.05, 0.1) is 19.8 Å². The van der Waals surface area contributed by atoms with Crippen LogP contribution < -0.4 is 4.74 Å². The molecule has 1 aromatic rings. The van der Waals surface area contributed by atoms with E-state index in [2.05, 4.69) is 0 Å². The van der Waals surface area contributed by atoms with Gasteiger partial charge < -0.3 is 14.6 Å². The summed E-state index contributed by atoms with van der Waals surface area (Å²) < 4.78 is 10.5. The van der Waals surface area contributed by atoms with E-state index in [0.717, 1.165) is 5.75 Å². The van der Waals surface area contributed by atoms with Crippen molar-refractivity contribution in [3.8, 4) is 5.75 Å². The van der Waals surface area contributed by atoms with Crippen molar-refractivity contribution in [2.75, 3.05) is 26.4 Å². The summed E-state index contributed by atoms with van der Waals surface area (Å²) in [5, 5.41) is 8.44. The van der Waals surface area contributed by atoms with Crippen LogP contribution in [0, 0.1) is 0 Å². The van der Waals surface area contributed by atoms with Gasteiger partial charge in [-0.3, -0.25) is 0 Å². The van der Waals surface area contributed by atoms with Crippen molar-refractivity contribution in [1.82, 2.24) is 0 Å². The third-order valence-corrected chi connectivity index (χ3v) is 1.71. The maximum atomic E-state index is 8.44. The molecule has 0 aromatic heterocycles. The van der Waals surface area contributed by atoms with E-state index in [4.69, 9.17) is 14.6 Å². The molecule has 0 radical (unpaired) electrons. The Balaban J connectivity index is 2.06. The third kappa shape index (κ3) is 5.88. The molecule has 0 fully saturated rings. The summed E-state index contributed by atoms with van der Waals surface area (Å²) in [5.41, 5.74) is 0. The molecule has 0 bridgehead atoms. The average molecular weight is 208 g/mol. The van der Waals surface area contributed by atoms with Crippen LogP contribution in [-0.2, 0) is 4.74 Å². The largest absolute Gasteiger partial charge is 0.490 e. The second-order valence-corrected chi connectivity index (χ2v) is 2.89. The summed E-state index contributed by atoms with van der Waals surface area (Å²) in [6.07, 6.45) is 3.77. The van der Waals surface area contributed by atoms with E-state index in [1.165, 1.54) is 0 Å². The van der Waals surface area contributed by atoms with Gasteiger partial charge in [-0.05, 0) is 18.2 Å². The summed E-state index contributed by atoms with van der Waals surface area (Å²) in [7, 11) is 0. The number of hydrogen-bond donors (Lipinski definition) is 1. The van der Waals surface area contributed by atoms with Gasteiger partial charge in [-0.1, -0.05) is 24.3 Å². The Bertz CT molecular complexity index is 269. The lowest BCUT2D eigenvalue weighted by molar-refractivity contribution is 0.111. The first kappa shape index (κ1) is 11.8. The molecular weight excluding hydrogens is 192 g/mol. The molecule has 1 N–H and O–H groups in total. The van der Waals surface area contributed by atoms with E-state index in [-0.39, 0.29) is 6.61 Å². The summed E-state index contributed by atoms with van der Waals surface area (Å²) in [6, 6.07) is 9.64. The lowest BCUT2D eigenvalue weighted by Crippen LogP contribution is -1.99. The first-order valence-corrected chi connectivity index (χ1v) is 4.95. The van der Waals surface area contributed by atoms with Gasteiger partial charge in [0.1, 0.15) is 12.4 Å². The summed E-state index contributed by atoms with van der Waals surface area (Å²) in [6.45, 7) is 1.49. The molecule has 0 heterocycles. The standard InChI is InChI=1S/C12H16O3/c13-8-11-14-9-4-5-10-15-12-6-2-1-3-7-12/h1-7,13H,8-11H2. The van der Waals surface area contributed by atoms with E-state index < -0.39 is 0 Å². The molecule has 3 nitrogen and oxygen atoms in total. The van der Waals surface area contributed by atoms with Crippen molar-refractivity contribution in [3.63, 3.8) is 0 Å². The molecule has 82 valence electrons. The number of aliphatic hydroxyl groups excluding tert-OH is 1. The minimum Gasteiger partial charge on any atom is -0.490 e. The van der Waals surface area contributed by atoms with Crippen LogP contribution in [-0.4, -0.2) is 31.5 Å². The molecule has 0 saturated carbocycles. The van der Waals surface area contributed by atoms with Gasteiger partial charge >= 0.3 is 0 Å². The lowest BCUT2D eigenvalue weighted by atomic mass is 10.3. The fourth-order valence-electron chi connectivity index (χ4n) is 1.01. The molecule has 3 heteroatoms. The highest BCUT2D eigenvalue weighted by Crippen LogP contribution is 2.07. The highest BCUT2D eigenvalue weighted by molar-refractivity contribution is 5.21. The van der Waals surface area contributed by atoms with E-state index in [0.29, 0.717) is 19.8 Å². The molecule has 0 aliphatic heterocycles. The predicted octanol–water partition coefficient (Wildman–Crippen LogP) is 1.63. The van der Waals surface area contributed by atoms with Crippen LogP contribution in [0.4, 0.5) is 0 Å². The van der Waals surface area contributed by atoms with Crippen molar-refractivity contribution in [2.45, 2.75) is 0 Å². The topological polar surface area (TPSA) is 38.7 Å². The zero-order valence-corrected chi connectivity index (χ0v) is 8.63. The van der Waals surface area contributed by atoms with Gasteiger partial charge in [0.2, 0.25) is 0 Å². The zero-order chi connectivity index (χ0) is 10.8. The summed E-state index contributed by atoms with van der Waals surface area (Å²) >= 11 is 0. The van der Waals surface area contributed by atoms with Crippen molar-refractivity contribution in [3.05, 3.63) is 42.5 Å². The molecule has 1 rings (SSSR count). The van der Waals surface area contributed by atoms with Gasteiger partial charge in [-0.2, -0.15) is 0 Å². The number of ether oxygens (including phenoxy) is 2. The summed E-state index contributed by atoms with van der Waals surface area (Å²) in [4.78, 5) is 0. The van der Waals surface area contributed by atoms with Crippen molar-refractivity contribution in [1.29, 1.82) is 0 Å². The number of aliphatic hydroxyl groups is 1. The Morgan fingerprint density at radius 2 is 1.80 bits per heavy atom. The molecule has 0 atom stereocenters. The van der Waals surface area contributed by atoms with Crippen molar-refractivity contribution in [2.24, 2.45) is 0 Å². The molecule has 0 amide bonds. The Kier molecular flexibility index (Phi) is 6.29. The van der Waals surface area contributed by atoms with Crippen molar-refractivity contribution < 1.29 is 14.6 Å². The van der Waals surface area contributed by atoms with E-state index >= 15 is 0 Å². The highest BCUT2D eigenvalue weighted by atomic mass is 16.5. The monoisotopic (exact) mass is 208 g/mol. The number of rotatable bonds is 7. The zero-order valence-electron chi connectivity index (χ0n) is 8.63. The van der Waals surface area contributed by atoms with Crippen LogP contribution in [0.25, 0.3) is 0 Å². The van der Waals surface area contributed by atoms with Gasteiger partial charge in [0.25, 0.3) is 0 Å². The fourth-order valence-corrected chi connectivity index (χ4v) is 1.01. The molecule has 0 aliphatic carbocycles. The number of hydrogen-bond acceptors (Lipinski definition) is 3. The van der Waals surface area contributed by atoms with Crippen LogP contribution in [0.5, 0.6) is 5.75 Å². The highest BCUT2D eigenvalue weighted by Gasteiger charge is 1.87. The van der Waals surface area contributed by atoms with Crippen LogP contribution in [0.2, 0.25) is 0 Å². The minimum absolute atomic E-state index is 0.0638. The van der Waals surface area contributed by atoms with E-state index in [1.54, 1.807) is 0 Å². The molecule has 0 aliphatic rings. The Hall–Kier alpha value is -1.32. The first-order valence-electron chi connectivity index (χ1n) is 4.95. The molecular formula is C12H16O3. The second-order valence-electron chi connectivity index (χ2n) is 2.89. The minimum atomic E-state index is 0.0638. The van der Waals surface area contributed by atoms with E-state index in [1.807, 2.05) is 42.5 Å². The molecule has 0 unspecified atom stereocenters. The molecule has 0 spiro atoms. The lowest BCUT2D eigenvalue weighted by Gasteiger charge is -2.01. The van der Waals surface area contributed by atoms with Crippen LogP contribution in [0.3, 0.4) is 0 Å². The van der Waals surface area contributed by atoms with Crippen LogP contribution in [0.15, 0.2) is 42.5 Å². The molecule has 0 saturated heterocycles. The quantitative estimate of drug-likeness (QED) is 0.546. The Morgan fingerprint density at radius 1 is 1.07 bits per heavy atom. The van der Waals surface area contributed by atoms with Gasteiger partial charge in [-0.25, -0.2) is 0 Å². The second kappa shape index (κ2) is 8.03. The summed E-state index contributed by atoms with van der Waals surface area (Å²) in [5.74, 6) is 0.860. The average Bonchev–Trinajstić information content (AvgIpc) is 2.29. The van der Waals surface area contributed by atoms with Crippen LogP contribution >= 0.6 is 0 Å². The first-order chi connectivity index (χ1) is 7.43. The van der Waals surface area contributed by atoms with Gasteiger partial charge in [0.15, 0.2) is 0 Å². The number of para-hydroxylation sites is 1. The maximum Gasteiger partial charge on any atom is 0.119 e. The smallest absolute Gasteiger partial charge is 0.119 e. The van der Waals surface area contributed by atoms with E-state index in [9.17, 15) is 0 Å². The molecule has 15 heavy (non-hydrogen) atoms. The third-order valence-electron chi connectivity index (χ3n) is 1.71. The van der Waals surface area contributed by atoms with Gasteiger partial charge in [0, 0.05) is 0 Å². The van der Waals surface area contributed by atoms with Crippen molar-refractivity contribution >= 4 is 0 Å². The normalized spacial score (nSPS) is 10.7. The Labute approximate surface area is 90.0 Å². The van der Waals surface area contributed by atoms with Crippen LogP contribution in [0.1, 0.15) is 0 Å². The Morgan fingerprint density at radius 3 is 2.53 bits per heavy atom. The fraction of sp³-hybridized carbons (Fsp3) is 0.333. The SMILES string of the molecule is OCCOCC=CCOc1ccccc1. The maximum absolute atomic E-state index is 8.44. The number of benzene rings is 1.